The first-order valence-electron chi connectivity index (χ1n) is 6.62. The number of hydrogen-bond acceptors (Lipinski definition) is 4. The van der Waals surface area contributed by atoms with Gasteiger partial charge in [-0.05, 0) is 32.4 Å². The van der Waals surface area contributed by atoms with Gasteiger partial charge in [-0.1, -0.05) is 24.6 Å². The quantitative estimate of drug-likeness (QED) is 0.639. The van der Waals surface area contributed by atoms with E-state index in [1.807, 2.05) is 13.8 Å². The largest absolute Gasteiger partial charge is 0.272 e. The second kappa shape index (κ2) is 7.33. The smallest absolute Gasteiger partial charge is 0.255 e. The van der Waals surface area contributed by atoms with E-state index < -0.39 is 15.9 Å². The lowest BCUT2D eigenvalue weighted by Gasteiger charge is -2.16. The lowest BCUT2D eigenvalue weighted by Crippen LogP contribution is -2.36. The van der Waals surface area contributed by atoms with Gasteiger partial charge >= 0.3 is 0 Å². The Labute approximate surface area is 125 Å². The highest BCUT2D eigenvalue weighted by Gasteiger charge is 2.22. The molecule has 0 radical (unpaired) electrons. The minimum Gasteiger partial charge on any atom is -0.272 e. The molecular formula is C14H21N3O3S. The molecule has 116 valence electrons. The Morgan fingerprint density at radius 2 is 1.86 bits per heavy atom. The lowest BCUT2D eigenvalue weighted by atomic mass is 10.2. The van der Waals surface area contributed by atoms with Gasteiger partial charge in [0, 0.05) is 12.8 Å². The third-order valence-electron chi connectivity index (χ3n) is 2.98. The second-order valence-electron chi connectivity index (χ2n) is 4.81. The molecule has 0 atom stereocenters. The Kier molecular flexibility index (Phi) is 6.04. The van der Waals surface area contributed by atoms with Crippen molar-refractivity contribution < 1.29 is 13.2 Å². The summed E-state index contributed by atoms with van der Waals surface area (Å²) >= 11 is 0. The van der Waals surface area contributed by atoms with E-state index in [1.54, 1.807) is 19.1 Å². The summed E-state index contributed by atoms with van der Waals surface area (Å²) in [7, 11) is -2.30. The van der Waals surface area contributed by atoms with Crippen LogP contribution in [0.25, 0.3) is 0 Å². The fourth-order valence-corrected chi connectivity index (χ4v) is 2.58. The molecule has 0 saturated heterocycles. The van der Waals surface area contributed by atoms with Crippen LogP contribution in [-0.4, -0.2) is 37.9 Å². The molecule has 7 heteroatoms. The van der Waals surface area contributed by atoms with E-state index in [0.29, 0.717) is 0 Å². The van der Waals surface area contributed by atoms with Gasteiger partial charge in [0.15, 0.2) is 0 Å². The summed E-state index contributed by atoms with van der Waals surface area (Å²) in [6.45, 7) is 5.30. The van der Waals surface area contributed by atoms with Crippen LogP contribution in [0.4, 0.5) is 0 Å². The molecule has 0 unspecified atom stereocenters. The third-order valence-corrected chi connectivity index (χ3v) is 4.80. The average molecular weight is 311 g/mol. The van der Waals surface area contributed by atoms with Crippen molar-refractivity contribution in [2.75, 3.05) is 13.6 Å². The normalized spacial score (nSPS) is 12.5. The number of carbonyl (C=O) groups is 1. The molecule has 0 heterocycles. The highest BCUT2D eigenvalue weighted by atomic mass is 32.2. The van der Waals surface area contributed by atoms with Crippen molar-refractivity contribution in [3.63, 3.8) is 0 Å². The Bertz CT molecular complexity index is 621. The van der Waals surface area contributed by atoms with E-state index in [1.165, 1.54) is 19.2 Å². The molecule has 0 spiro atoms. The molecule has 0 saturated carbocycles. The van der Waals surface area contributed by atoms with Crippen molar-refractivity contribution >= 4 is 21.6 Å². The van der Waals surface area contributed by atoms with Crippen molar-refractivity contribution in [3.8, 4) is 0 Å². The fraction of sp³-hybridized carbons (Fsp3) is 0.429. The zero-order valence-electron chi connectivity index (χ0n) is 12.8. The van der Waals surface area contributed by atoms with Crippen LogP contribution in [0.3, 0.4) is 0 Å². The van der Waals surface area contributed by atoms with Gasteiger partial charge in [0.25, 0.3) is 5.91 Å². The molecule has 1 N–H and O–H groups in total. The fourth-order valence-electron chi connectivity index (χ4n) is 1.45. The first-order chi connectivity index (χ1) is 9.77. The summed E-state index contributed by atoms with van der Waals surface area (Å²) in [6.07, 6.45) is 0.720. The van der Waals surface area contributed by atoms with Crippen molar-refractivity contribution in [1.82, 2.24) is 9.73 Å². The molecule has 0 aliphatic heterocycles. The molecule has 6 nitrogen and oxygen atoms in total. The van der Waals surface area contributed by atoms with E-state index in [2.05, 4.69) is 10.5 Å². The summed E-state index contributed by atoms with van der Waals surface area (Å²) in [5, 5.41) is 3.86. The molecule has 21 heavy (non-hydrogen) atoms. The number of sulfonamides is 1. The molecule has 0 bridgehead atoms. The predicted octanol–water partition coefficient (Wildman–Crippen LogP) is 1.52. The van der Waals surface area contributed by atoms with Gasteiger partial charge in [-0.25, -0.2) is 13.8 Å². The van der Waals surface area contributed by atoms with Gasteiger partial charge in [-0.2, -0.15) is 9.41 Å². The number of likely N-dealkylation sites (N-methyl/N-ethyl adjacent to an activating group) is 1. The Morgan fingerprint density at radius 1 is 1.29 bits per heavy atom. The van der Waals surface area contributed by atoms with E-state index in [0.717, 1.165) is 22.0 Å². The Hall–Kier alpha value is -1.73. The third kappa shape index (κ3) is 4.95. The molecule has 0 aromatic heterocycles. The molecule has 0 aliphatic rings. The number of carbonyl (C=O) groups excluding carboxylic acids is 1. The molecule has 1 aromatic rings. The zero-order chi connectivity index (χ0) is 16.0. The average Bonchev–Trinajstić information content (AvgIpc) is 2.45. The predicted molar refractivity (Wildman–Crippen MR) is 82.5 cm³/mol. The topological polar surface area (TPSA) is 78.8 Å². The van der Waals surface area contributed by atoms with Gasteiger partial charge in [0.2, 0.25) is 10.0 Å². The summed E-state index contributed by atoms with van der Waals surface area (Å²) in [4.78, 5) is 11.8. The van der Waals surface area contributed by atoms with E-state index >= 15 is 0 Å². The van der Waals surface area contributed by atoms with Gasteiger partial charge < -0.3 is 0 Å². The van der Waals surface area contributed by atoms with Gasteiger partial charge in [0.1, 0.15) is 0 Å². The lowest BCUT2D eigenvalue weighted by molar-refractivity contribution is -0.121. The van der Waals surface area contributed by atoms with Gasteiger partial charge in [0.05, 0.1) is 11.4 Å². The number of nitrogens with one attached hydrogen (secondary N) is 1. The van der Waals surface area contributed by atoms with Crippen LogP contribution in [0.2, 0.25) is 0 Å². The summed E-state index contributed by atoms with van der Waals surface area (Å²) in [5.74, 6) is -0.471. The van der Waals surface area contributed by atoms with Crippen LogP contribution in [0.5, 0.6) is 0 Å². The van der Waals surface area contributed by atoms with Crippen molar-refractivity contribution in [3.05, 3.63) is 29.8 Å². The Balaban J connectivity index is 2.76. The number of nitrogens with zero attached hydrogens (tertiary/aromatic N) is 2. The van der Waals surface area contributed by atoms with Crippen LogP contribution >= 0.6 is 0 Å². The number of hydrogen-bond donors (Lipinski definition) is 1. The second-order valence-corrected chi connectivity index (χ2v) is 6.85. The summed E-state index contributed by atoms with van der Waals surface area (Å²) in [6, 6.07) is 6.49. The minimum absolute atomic E-state index is 0.164. The van der Waals surface area contributed by atoms with Crippen LogP contribution < -0.4 is 5.43 Å². The number of aryl methyl sites for hydroxylation is 1. The number of benzene rings is 1. The summed E-state index contributed by atoms with van der Waals surface area (Å²) in [5.41, 5.74) is 4.08. The monoisotopic (exact) mass is 311 g/mol. The number of amides is 1. The van der Waals surface area contributed by atoms with E-state index in [-0.39, 0.29) is 11.4 Å². The highest BCUT2D eigenvalue weighted by Crippen LogP contribution is 2.14. The maximum absolute atomic E-state index is 12.3. The van der Waals surface area contributed by atoms with Crippen molar-refractivity contribution in [2.45, 2.75) is 32.1 Å². The highest BCUT2D eigenvalue weighted by molar-refractivity contribution is 7.89. The standard InChI is InChI=1S/C14H21N3O3S/c1-5-12(3)15-16-14(18)10-17(4)21(19,20)13-8-6-11(2)7-9-13/h6-9H,5,10H2,1-4H3,(H,16,18)/b15-12-. The number of rotatable bonds is 6. The molecule has 1 aromatic carbocycles. The van der Waals surface area contributed by atoms with Crippen molar-refractivity contribution in [1.29, 1.82) is 0 Å². The van der Waals surface area contributed by atoms with Gasteiger partial charge in [-0.3, -0.25) is 4.79 Å². The first kappa shape index (κ1) is 17.3. The molecule has 0 aliphatic carbocycles. The van der Waals surface area contributed by atoms with Crippen molar-refractivity contribution in [2.24, 2.45) is 5.10 Å². The Morgan fingerprint density at radius 3 is 2.38 bits per heavy atom. The van der Waals surface area contributed by atoms with Crippen LogP contribution in [0.1, 0.15) is 25.8 Å². The first-order valence-corrected chi connectivity index (χ1v) is 8.06. The summed E-state index contributed by atoms with van der Waals surface area (Å²) < 4.78 is 25.6. The minimum atomic E-state index is -3.67. The molecule has 1 amide bonds. The van der Waals surface area contributed by atoms with Crippen LogP contribution in [0.15, 0.2) is 34.3 Å². The van der Waals surface area contributed by atoms with Gasteiger partial charge in [-0.15, -0.1) is 0 Å². The van der Waals surface area contributed by atoms with E-state index in [4.69, 9.17) is 0 Å². The van der Waals surface area contributed by atoms with Crippen LogP contribution in [-0.2, 0) is 14.8 Å². The molecule has 1 rings (SSSR count). The molecular weight excluding hydrogens is 290 g/mol. The van der Waals surface area contributed by atoms with E-state index in [9.17, 15) is 13.2 Å². The molecule has 0 fully saturated rings. The number of hydrazone groups is 1. The van der Waals surface area contributed by atoms with Crippen LogP contribution in [0, 0.1) is 6.92 Å². The zero-order valence-corrected chi connectivity index (χ0v) is 13.6. The maximum atomic E-state index is 12.3. The maximum Gasteiger partial charge on any atom is 0.255 e. The SMILES string of the molecule is CC/C(C)=N\NC(=O)CN(C)S(=O)(=O)c1ccc(C)cc1.